The standard InChI is InChI=1S/C20H26O6/c1-18(2)13-5-12(22)20(8-26-13)11-4-3-9-6-19(11,16(24)10(9)7-21)17(25)14(23)15(18)20/h9-11,13-15,21,23H,3-8H2,1-2H3/t9-,10-,11-,13-,14+,15-,19+,20-/m1/s1. The van der Waals surface area contributed by atoms with Crippen molar-refractivity contribution in [3.63, 3.8) is 0 Å². The maximum Gasteiger partial charge on any atom is 0.175 e. The lowest BCUT2D eigenvalue weighted by Crippen LogP contribution is -2.77. The van der Waals surface area contributed by atoms with Crippen LogP contribution in [0.4, 0.5) is 0 Å². The average Bonchev–Trinajstić information content (AvgIpc) is 2.81. The number of ketones is 3. The SMILES string of the molecule is CC1(C)[C@H]2[C@H](O)C(=O)[C@@]34C[C@@H](CC[C@H]3[C@@]23CO[C@@H]1CC3=O)[C@@H](CO)C4=O. The molecule has 4 saturated carbocycles. The van der Waals surface area contributed by atoms with E-state index in [4.69, 9.17) is 4.74 Å². The highest BCUT2D eigenvalue weighted by atomic mass is 16.5. The van der Waals surface area contributed by atoms with Gasteiger partial charge in [0.2, 0.25) is 0 Å². The molecule has 6 fully saturated rings. The van der Waals surface area contributed by atoms with Gasteiger partial charge in [-0.25, -0.2) is 0 Å². The molecule has 2 spiro atoms. The average molecular weight is 362 g/mol. The molecule has 0 unspecified atom stereocenters. The number of rotatable bonds is 1. The summed E-state index contributed by atoms with van der Waals surface area (Å²) in [7, 11) is 0. The highest BCUT2D eigenvalue weighted by molar-refractivity contribution is 6.14. The first kappa shape index (κ1) is 17.0. The molecule has 6 aliphatic rings. The van der Waals surface area contributed by atoms with E-state index in [1.807, 2.05) is 13.8 Å². The Labute approximate surface area is 152 Å². The summed E-state index contributed by atoms with van der Waals surface area (Å²) in [6.07, 6.45) is 0.383. The fourth-order valence-electron chi connectivity index (χ4n) is 7.73. The molecule has 8 atom stereocenters. The van der Waals surface area contributed by atoms with Gasteiger partial charge in [-0.2, -0.15) is 0 Å². The fraction of sp³-hybridized carbons (Fsp3) is 0.850. The Morgan fingerprint density at radius 2 is 1.88 bits per heavy atom. The second-order valence-electron chi connectivity index (χ2n) is 9.79. The van der Waals surface area contributed by atoms with Crippen molar-refractivity contribution in [2.75, 3.05) is 13.2 Å². The van der Waals surface area contributed by atoms with E-state index >= 15 is 0 Å². The Hall–Kier alpha value is -1.11. The van der Waals surface area contributed by atoms with E-state index in [2.05, 4.69) is 0 Å². The van der Waals surface area contributed by atoms with Crippen molar-refractivity contribution in [3.8, 4) is 0 Å². The van der Waals surface area contributed by atoms with Crippen molar-refractivity contribution in [3.05, 3.63) is 0 Å². The second-order valence-corrected chi connectivity index (χ2v) is 9.79. The minimum atomic E-state index is -1.32. The van der Waals surface area contributed by atoms with Crippen LogP contribution in [-0.4, -0.2) is 53.0 Å². The van der Waals surface area contributed by atoms with Crippen molar-refractivity contribution in [2.45, 2.75) is 51.7 Å². The summed E-state index contributed by atoms with van der Waals surface area (Å²) in [6, 6.07) is 0. The zero-order valence-electron chi connectivity index (χ0n) is 15.2. The lowest BCUT2D eigenvalue weighted by atomic mass is 9.37. The molecule has 6 rings (SSSR count). The summed E-state index contributed by atoms with van der Waals surface area (Å²) in [5, 5.41) is 20.8. The lowest BCUT2D eigenvalue weighted by Gasteiger charge is -2.67. The molecule has 0 aromatic heterocycles. The van der Waals surface area contributed by atoms with E-state index in [-0.39, 0.29) is 43.2 Å². The van der Waals surface area contributed by atoms with E-state index in [9.17, 15) is 24.6 Å². The molecule has 0 aromatic carbocycles. The molecular weight excluding hydrogens is 336 g/mol. The van der Waals surface area contributed by atoms with E-state index in [1.54, 1.807) is 0 Å². The van der Waals surface area contributed by atoms with Crippen LogP contribution in [0, 0.1) is 39.9 Å². The topological polar surface area (TPSA) is 101 Å². The molecular formula is C20H26O6. The molecule has 2 aliphatic heterocycles. The predicted molar refractivity (Wildman–Crippen MR) is 88.9 cm³/mol. The first-order valence-electron chi connectivity index (χ1n) is 9.75. The highest BCUT2D eigenvalue weighted by Gasteiger charge is 2.79. The number of carbonyl (C=O) groups is 3. The van der Waals surface area contributed by atoms with Gasteiger partial charge in [0.15, 0.2) is 11.6 Å². The summed E-state index contributed by atoms with van der Waals surface area (Å²) < 4.78 is 6.04. The maximum absolute atomic E-state index is 13.4. The van der Waals surface area contributed by atoms with Gasteiger partial charge in [-0.05, 0) is 36.5 Å². The number of ether oxygens (including phenoxy) is 1. The lowest BCUT2D eigenvalue weighted by molar-refractivity contribution is -0.268. The van der Waals surface area contributed by atoms with E-state index in [0.717, 1.165) is 6.42 Å². The van der Waals surface area contributed by atoms with Gasteiger partial charge in [0, 0.05) is 18.3 Å². The van der Waals surface area contributed by atoms with Crippen molar-refractivity contribution in [1.82, 2.24) is 0 Å². The van der Waals surface area contributed by atoms with Crippen LogP contribution in [-0.2, 0) is 19.1 Å². The minimum Gasteiger partial charge on any atom is -0.396 e. The van der Waals surface area contributed by atoms with Crippen molar-refractivity contribution >= 4 is 17.3 Å². The van der Waals surface area contributed by atoms with Crippen LogP contribution in [0.15, 0.2) is 0 Å². The number of hydrogen-bond donors (Lipinski definition) is 2. The number of Topliss-reactive ketones (excluding diaryl/α,β-unsaturated/α-hetero) is 3. The smallest absolute Gasteiger partial charge is 0.175 e. The van der Waals surface area contributed by atoms with Gasteiger partial charge in [-0.15, -0.1) is 0 Å². The Morgan fingerprint density at radius 3 is 2.54 bits per heavy atom. The summed E-state index contributed by atoms with van der Waals surface area (Å²) in [4.78, 5) is 40.0. The predicted octanol–water partition coefficient (Wildman–Crippen LogP) is 0.524. The molecule has 2 N–H and O–H groups in total. The van der Waals surface area contributed by atoms with Gasteiger partial charge in [0.25, 0.3) is 0 Å². The summed E-state index contributed by atoms with van der Waals surface area (Å²) in [6.45, 7) is 3.87. The van der Waals surface area contributed by atoms with Gasteiger partial charge < -0.3 is 14.9 Å². The Morgan fingerprint density at radius 1 is 1.15 bits per heavy atom. The molecule has 0 amide bonds. The first-order valence-corrected chi connectivity index (χ1v) is 9.75. The number of carbonyl (C=O) groups excluding carboxylic acids is 3. The molecule has 2 saturated heterocycles. The Kier molecular flexibility index (Phi) is 3.16. The van der Waals surface area contributed by atoms with Crippen LogP contribution in [0.3, 0.4) is 0 Å². The fourth-order valence-corrected chi connectivity index (χ4v) is 7.73. The molecule has 26 heavy (non-hydrogen) atoms. The molecule has 0 aromatic rings. The molecule has 142 valence electrons. The van der Waals surface area contributed by atoms with Crippen molar-refractivity contribution < 1.29 is 29.3 Å². The third-order valence-electron chi connectivity index (χ3n) is 8.79. The van der Waals surface area contributed by atoms with Crippen LogP contribution in [0.5, 0.6) is 0 Å². The molecule has 2 heterocycles. The van der Waals surface area contributed by atoms with Crippen molar-refractivity contribution in [1.29, 1.82) is 0 Å². The minimum absolute atomic E-state index is 0.0307. The molecule has 4 bridgehead atoms. The molecule has 4 aliphatic carbocycles. The molecule has 6 nitrogen and oxygen atoms in total. The summed E-state index contributed by atoms with van der Waals surface area (Å²) in [5.41, 5.74) is -2.78. The highest BCUT2D eigenvalue weighted by Crippen LogP contribution is 2.71. The van der Waals surface area contributed by atoms with Gasteiger partial charge >= 0.3 is 0 Å². The summed E-state index contributed by atoms with van der Waals surface area (Å²) in [5.74, 6) is -2.10. The van der Waals surface area contributed by atoms with Crippen LogP contribution in [0.2, 0.25) is 0 Å². The van der Waals surface area contributed by atoms with Crippen LogP contribution < -0.4 is 0 Å². The Bertz CT molecular complexity index is 728. The van der Waals surface area contributed by atoms with E-state index in [1.165, 1.54) is 0 Å². The van der Waals surface area contributed by atoms with Crippen molar-refractivity contribution in [2.24, 2.45) is 39.9 Å². The zero-order valence-corrected chi connectivity index (χ0v) is 15.2. The number of aliphatic hydroxyl groups is 2. The third-order valence-corrected chi connectivity index (χ3v) is 8.79. The number of aliphatic hydroxyl groups excluding tert-OH is 2. The summed E-state index contributed by atoms with van der Waals surface area (Å²) >= 11 is 0. The largest absolute Gasteiger partial charge is 0.396 e. The maximum atomic E-state index is 13.4. The zero-order chi connectivity index (χ0) is 18.6. The van der Waals surface area contributed by atoms with Gasteiger partial charge in [0.05, 0.1) is 30.1 Å². The quantitative estimate of drug-likeness (QED) is 0.660. The second kappa shape index (κ2) is 4.83. The normalized spacial score (nSPS) is 54.2. The number of hydrogen-bond acceptors (Lipinski definition) is 6. The number of fused-ring (bicyclic) bond motifs is 3. The van der Waals surface area contributed by atoms with Gasteiger partial charge in [0.1, 0.15) is 11.9 Å². The van der Waals surface area contributed by atoms with Crippen LogP contribution >= 0.6 is 0 Å². The van der Waals surface area contributed by atoms with Crippen LogP contribution in [0.1, 0.15) is 39.5 Å². The molecule has 0 radical (unpaired) electrons. The first-order chi connectivity index (χ1) is 12.2. The van der Waals surface area contributed by atoms with E-state index in [0.29, 0.717) is 12.8 Å². The van der Waals surface area contributed by atoms with Crippen LogP contribution in [0.25, 0.3) is 0 Å². The monoisotopic (exact) mass is 362 g/mol. The molecule has 6 heteroatoms. The van der Waals surface area contributed by atoms with Gasteiger partial charge in [-0.1, -0.05) is 13.8 Å². The third kappa shape index (κ3) is 1.52. The van der Waals surface area contributed by atoms with Gasteiger partial charge in [-0.3, -0.25) is 14.4 Å². The van der Waals surface area contributed by atoms with E-state index < -0.39 is 45.9 Å². The Balaban J connectivity index is 1.74.